The maximum absolute atomic E-state index is 12.4. The van der Waals surface area contributed by atoms with Gasteiger partial charge in [-0.15, -0.1) is 0 Å². The molecule has 0 bridgehead atoms. The molecule has 1 aliphatic rings. The number of carbonyl (C=O) groups is 1. The minimum absolute atomic E-state index is 0.223. The third kappa shape index (κ3) is 3.66. The van der Waals surface area contributed by atoms with Crippen LogP contribution >= 0.6 is 0 Å². The van der Waals surface area contributed by atoms with E-state index in [0.29, 0.717) is 24.3 Å². The summed E-state index contributed by atoms with van der Waals surface area (Å²) in [4.78, 5) is 12.9. The Balaban J connectivity index is 2.30. The van der Waals surface area contributed by atoms with Gasteiger partial charge in [-0.25, -0.2) is 4.79 Å². The topological polar surface area (TPSA) is 38.8 Å². The zero-order valence-corrected chi connectivity index (χ0v) is 11.7. The molecular formula is C14H16F3NO3. The number of hydrogen-bond donors (Lipinski definition) is 0. The first-order chi connectivity index (χ1) is 9.81. The van der Waals surface area contributed by atoms with Crippen molar-refractivity contribution in [3.8, 4) is 5.75 Å². The van der Waals surface area contributed by atoms with E-state index in [2.05, 4.69) is 4.74 Å². The van der Waals surface area contributed by atoms with E-state index in [9.17, 15) is 18.0 Å². The van der Waals surface area contributed by atoms with Crippen LogP contribution in [-0.4, -0.2) is 44.3 Å². The highest BCUT2D eigenvalue weighted by molar-refractivity contribution is 5.76. The molecule has 0 aliphatic carbocycles. The standard InChI is InChI=1S/C14H16F3NO3/c1-18-6-5-9-7-10(20-2)3-4-11(9)12(8-18)21-13(19)14(15,16)17/h3-4,7,12H,5-6,8H2,1-2H3. The molecule has 1 unspecified atom stereocenters. The summed E-state index contributed by atoms with van der Waals surface area (Å²) < 4.78 is 46.9. The average molecular weight is 303 g/mol. The van der Waals surface area contributed by atoms with Crippen molar-refractivity contribution in [1.82, 2.24) is 4.90 Å². The Morgan fingerprint density at radius 1 is 1.38 bits per heavy atom. The van der Waals surface area contributed by atoms with Crippen molar-refractivity contribution < 1.29 is 27.4 Å². The van der Waals surface area contributed by atoms with Crippen LogP contribution < -0.4 is 4.74 Å². The number of likely N-dealkylation sites (N-methyl/N-ethyl adjacent to an activating group) is 1. The molecule has 0 aromatic heterocycles. The van der Waals surface area contributed by atoms with Crippen molar-refractivity contribution in [1.29, 1.82) is 0 Å². The smallest absolute Gasteiger partial charge is 0.490 e. The van der Waals surface area contributed by atoms with Crippen LogP contribution in [0.15, 0.2) is 18.2 Å². The van der Waals surface area contributed by atoms with Crippen LogP contribution in [0.3, 0.4) is 0 Å². The molecule has 0 radical (unpaired) electrons. The average Bonchev–Trinajstić information content (AvgIpc) is 2.57. The van der Waals surface area contributed by atoms with Crippen molar-refractivity contribution in [2.75, 3.05) is 27.2 Å². The molecule has 21 heavy (non-hydrogen) atoms. The van der Waals surface area contributed by atoms with E-state index >= 15 is 0 Å². The number of alkyl halides is 3. The second kappa shape index (κ2) is 5.93. The molecule has 1 aromatic rings. The number of hydrogen-bond acceptors (Lipinski definition) is 4. The molecule has 0 fully saturated rings. The Morgan fingerprint density at radius 2 is 2.10 bits per heavy atom. The lowest BCUT2D eigenvalue weighted by Gasteiger charge is -2.22. The summed E-state index contributed by atoms with van der Waals surface area (Å²) in [5.41, 5.74) is 1.43. The van der Waals surface area contributed by atoms with Crippen LogP contribution in [0.4, 0.5) is 13.2 Å². The second-order valence-electron chi connectivity index (χ2n) is 4.97. The zero-order chi connectivity index (χ0) is 15.6. The van der Waals surface area contributed by atoms with Crippen molar-refractivity contribution in [2.24, 2.45) is 0 Å². The number of halogens is 3. The number of fused-ring (bicyclic) bond motifs is 1. The summed E-state index contributed by atoms with van der Waals surface area (Å²) in [6, 6.07) is 5.07. The molecule has 116 valence electrons. The minimum atomic E-state index is -4.99. The summed E-state index contributed by atoms with van der Waals surface area (Å²) in [5.74, 6) is -1.54. The normalized spacial score (nSPS) is 19.6. The molecule has 0 N–H and O–H groups in total. The third-order valence-corrected chi connectivity index (χ3v) is 3.42. The highest BCUT2D eigenvalue weighted by Crippen LogP contribution is 2.31. The number of benzene rings is 1. The Labute approximate surface area is 120 Å². The Morgan fingerprint density at radius 3 is 2.71 bits per heavy atom. The molecule has 7 heteroatoms. The number of methoxy groups -OCH3 is 1. The molecule has 1 atom stereocenters. The van der Waals surface area contributed by atoms with Crippen LogP contribution in [0.2, 0.25) is 0 Å². The lowest BCUT2D eigenvalue weighted by Crippen LogP contribution is -2.31. The van der Waals surface area contributed by atoms with Gasteiger partial charge in [0.15, 0.2) is 0 Å². The fraction of sp³-hybridized carbons (Fsp3) is 0.500. The molecule has 0 saturated heterocycles. The molecule has 1 aromatic carbocycles. The maximum Gasteiger partial charge on any atom is 0.490 e. The highest BCUT2D eigenvalue weighted by atomic mass is 19.4. The van der Waals surface area contributed by atoms with Crippen molar-refractivity contribution >= 4 is 5.97 Å². The van der Waals surface area contributed by atoms with Gasteiger partial charge in [0, 0.05) is 13.1 Å². The van der Waals surface area contributed by atoms with Gasteiger partial charge in [-0.1, -0.05) is 6.07 Å². The van der Waals surface area contributed by atoms with Crippen LogP contribution in [0, 0.1) is 0 Å². The largest absolute Gasteiger partial charge is 0.497 e. The SMILES string of the molecule is COc1ccc2c(c1)CCN(C)CC2OC(=O)C(F)(F)F. The van der Waals surface area contributed by atoms with Gasteiger partial charge in [0.2, 0.25) is 0 Å². The van der Waals surface area contributed by atoms with Crippen molar-refractivity contribution in [3.05, 3.63) is 29.3 Å². The van der Waals surface area contributed by atoms with E-state index in [0.717, 1.165) is 5.56 Å². The highest BCUT2D eigenvalue weighted by Gasteiger charge is 2.43. The minimum Gasteiger partial charge on any atom is -0.497 e. The quantitative estimate of drug-likeness (QED) is 0.786. The molecule has 0 amide bonds. The van der Waals surface area contributed by atoms with E-state index < -0.39 is 18.2 Å². The van der Waals surface area contributed by atoms with Crippen LogP contribution in [0.1, 0.15) is 17.2 Å². The van der Waals surface area contributed by atoms with Gasteiger partial charge < -0.3 is 14.4 Å². The van der Waals surface area contributed by atoms with E-state index in [-0.39, 0.29) is 6.54 Å². The lowest BCUT2D eigenvalue weighted by molar-refractivity contribution is -0.205. The van der Waals surface area contributed by atoms with Crippen LogP contribution in [-0.2, 0) is 16.0 Å². The first-order valence-electron chi connectivity index (χ1n) is 6.44. The van der Waals surface area contributed by atoms with Gasteiger partial charge in [-0.2, -0.15) is 13.2 Å². The Hall–Kier alpha value is -1.76. The fourth-order valence-corrected chi connectivity index (χ4v) is 2.32. The third-order valence-electron chi connectivity index (χ3n) is 3.42. The maximum atomic E-state index is 12.4. The van der Waals surface area contributed by atoms with Gasteiger partial charge in [0.25, 0.3) is 0 Å². The van der Waals surface area contributed by atoms with Gasteiger partial charge >= 0.3 is 12.1 Å². The van der Waals surface area contributed by atoms with Crippen molar-refractivity contribution in [2.45, 2.75) is 18.7 Å². The summed E-state index contributed by atoms with van der Waals surface area (Å²) in [5, 5.41) is 0. The lowest BCUT2D eigenvalue weighted by atomic mass is 10.0. The fourth-order valence-electron chi connectivity index (χ4n) is 2.32. The molecule has 4 nitrogen and oxygen atoms in total. The second-order valence-corrected chi connectivity index (χ2v) is 4.97. The Kier molecular flexibility index (Phi) is 4.41. The number of esters is 1. The molecule has 0 spiro atoms. The molecule has 1 heterocycles. The molecule has 0 saturated carbocycles. The van der Waals surface area contributed by atoms with Gasteiger partial charge in [-0.3, -0.25) is 0 Å². The first-order valence-corrected chi connectivity index (χ1v) is 6.44. The van der Waals surface area contributed by atoms with E-state index in [1.807, 2.05) is 4.90 Å². The van der Waals surface area contributed by atoms with E-state index in [1.54, 1.807) is 25.2 Å². The predicted molar refractivity (Wildman–Crippen MR) is 69.1 cm³/mol. The molecular weight excluding hydrogens is 287 g/mol. The predicted octanol–water partition coefficient (Wildman–Crippen LogP) is 2.33. The summed E-state index contributed by atoms with van der Waals surface area (Å²) in [6.07, 6.45) is -5.27. The summed E-state index contributed by atoms with van der Waals surface area (Å²) in [7, 11) is 3.29. The monoisotopic (exact) mass is 303 g/mol. The zero-order valence-electron chi connectivity index (χ0n) is 11.7. The number of carbonyl (C=O) groups excluding carboxylic acids is 1. The Bertz CT molecular complexity index is 531. The van der Waals surface area contributed by atoms with E-state index in [4.69, 9.17) is 4.74 Å². The van der Waals surface area contributed by atoms with Crippen LogP contribution in [0.5, 0.6) is 5.75 Å². The number of nitrogens with zero attached hydrogens (tertiary/aromatic N) is 1. The van der Waals surface area contributed by atoms with Gasteiger partial charge in [0.1, 0.15) is 11.9 Å². The summed E-state index contributed by atoms with van der Waals surface area (Å²) >= 11 is 0. The summed E-state index contributed by atoms with van der Waals surface area (Å²) in [6.45, 7) is 0.890. The van der Waals surface area contributed by atoms with Gasteiger partial charge in [-0.05, 0) is 36.7 Å². The molecule has 1 aliphatic heterocycles. The number of rotatable bonds is 2. The molecule has 2 rings (SSSR count). The van der Waals surface area contributed by atoms with E-state index in [1.165, 1.54) is 7.11 Å². The number of ether oxygens (including phenoxy) is 2. The van der Waals surface area contributed by atoms with Gasteiger partial charge in [0.05, 0.1) is 7.11 Å². The van der Waals surface area contributed by atoms with Crippen LogP contribution in [0.25, 0.3) is 0 Å². The van der Waals surface area contributed by atoms with Crippen molar-refractivity contribution in [3.63, 3.8) is 0 Å². The first kappa shape index (κ1) is 15.6.